The highest BCUT2D eigenvalue weighted by Crippen LogP contribution is 2.34. The van der Waals surface area contributed by atoms with Crippen LogP contribution < -0.4 is 5.32 Å². The summed E-state index contributed by atoms with van der Waals surface area (Å²) in [6.45, 7) is 5.40. The SMILES string of the molecule is CC1CNC(C2CC2)CN1CC1CCS(=O)(=O)C1. The zero-order valence-corrected chi connectivity index (χ0v) is 12.0. The zero-order valence-electron chi connectivity index (χ0n) is 11.1. The van der Waals surface area contributed by atoms with E-state index in [4.69, 9.17) is 0 Å². The van der Waals surface area contributed by atoms with Crippen LogP contribution in [0.15, 0.2) is 0 Å². The Hall–Kier alpha value is -0.130. The van der Waals surface area contributed by atoms with E-state index >= 15 is 0 Å². The highest BCUT2D eigenvalue weighted by molar-refractivity contribution is 7.91. The van der Waals surface area contributed by atoms with E-state index in [-0.39, 0.29) is 0 Å². The van der Waals surface area contributed by atoms with Gasteiger partial charge in [-0.1, -0.05) is 0 Å². The molecule has 1 N–H and O–H groups in total. The highest BCUT2D eigenvalue weighted by Gasteiger charge is 2.37. The summed E-state index contributed by atoms with van der Waals surface area (Å²) in [7, 11) is -2.72. The third-order valence-electron chi connectivity index (χ3n) is 4.74. The summed E-state index contributed by atoms with van der Waals surface area (Å²) >= 11 is 0. The molecule has 1 aliphatic carbocycles. The van der Waals surface area contributed by atoms with Crippen molar-refractivity contribution in [1.29, 1.82) is 0 Å². The third kappa shape index (κ3) is 2.89. The van der Waals surface area contributed by atoms with Crippen LogP contribution in [0, 0.1) is 11.8 Å². The monoisotopic (exact) mass is 272 g/mol. The predicted octanol–water partition coefficient (Wildman–Crippen LogP) is 0.493. The molecule has 2 saturated heterocycles. The molecule has 0 bridgehead atoms. The fraction of sp³-hybridized carbons (Fsp3) is 1.00. The molecule has 3 atom stereocenters. The minimum absolute atomic E-state index is 0.371. The molecule has 18 heavy (non-hydrogen) atoms. The molecular weight excluding hydrogens is 248 g/mol. The van der Waals surface area contributed by atoms with Crippen molar-refractivity contribution in [1.82, 2.24) is 10.2 Å². The normalized spacial score (nSPS) is 41.1. The summed E-state index contributed by atoms with van der Waals surface area (Å²) in [5.41, 5.74) is 0. The molecule has 3 fully saturated rings. The van der Waals surface area contributed by atoms with E-state index < -0.39 is 9.84 Å². The number of hydrogen-bond acceptors (Lipinski definition) is 4. The summed E-state index contributed by atoms with van der Waals surface area (Å²) in [4.78, 5) is 2.52. The van der Waals surface area contributed by atoms with E-state index in [1.165, 1.54) is 12.8 Å². The molecule has 3 aliphatic rings. The van der Waals surface area contributed by atoms with E-state index in [2.05, 4.69) is 17.1 Å². The van der Waals surface area contributed by atoms with E-state index in [1.807, 2.05) is 0 Å². The van der Waals surface area contributed by atoms with Crippen LogP contribution in [0.2, 0.25) is 0 Å². The Morgan fingerprint density at radius 1 is 1.28 bits per heavy atom. The van der Waals surface area contributed by atoms with Crippen LogP contribution >= 0.6 is 0 Å². The maximum absolute atomic E-state index is 11.5. The van der Waals surface area contributed by atoms with Crippen molar-refractivity contribution in [3.8, 4) is 0 Å². The zero-order chi connectivity index (χ0) is 12.8. The Balaban J connectivity index is 1.57. The number of rotatable bonds is 3. The van der Waals surface area contributed by atoms with Gasteiger partial charge in [0.05, 0.1) is 11.5 Å². The molecule has 2 aliphatic heterocycles. The lowest BCUT2D eigenvalue weighted by Gasteiger charge is -2.40. The lowest BCUT2D eigenvalue weighted by atomic mass is 10.0. The second-order valence-corrected chi connectivity index (χ2v) is 8.65. The minimum atomic E-state index is -2.72. The molecule has 0 spiro atoms. The molecular formula is C13H24N2O2S. The van der Waals surface area contributed by atoms with Gasteiger partial charge in [-0.3, -0.25) is 4.90 Å². The predicted molar refractivity (Wildman–Crippen MR) is 72.3 cm³/mol. The Kier molecular flexibility index (Phi) is 3.41. The maximum Gasteiger partial charge on any atom is 0.150 e. The Morgan fingerprint density at radius 3 is 2.67 bits per heavy atom. The summed E-state index contributed by atoms with van der Waals surface area (Å²) in [5.74, 6) is 2.07. The van der Waals surface area contributed by atoms with Gasteiger partial charge < -0.3 is 5.32 Å². The van der Waals surface area contributed by atoms with Crippen LogP contribution in [0.4, 0.5) is 0 Å². The molecule has 3 rings (SSSR count). The fourth-order valence-electron chi connectivity index (χ4n) is 3.36. The minimum Gasteiger partial charge on any atom is -0.311 e. The first-order chi connectivity index (χ1) is 8.53. The van der Waals surface area contributed by atoms with Crippen molar-refractivity contribution >= 4 is 9.84 Å². The number of nitrogens with zero attached hydrogens (tertiary/aromatic N) is 1. The average Bonchev–Trinajstić information content (AvgIpc) is 3.08. The van der Waals surface area contributed by atoms with Gasteiger partial charge in [-0.2, -0.15) is 0 Å². The average molecular weight is 272 g/mol. The van der Waals surface area contributed by atoms with E-state index in [9.17, 15) is 8.42 Å². The highest BCUT2D eigenvalue weighted by atomic mass is 32.2. The van der Waals surface area contributed by atoms with Crippen LogP contribution in [0.3, 0.4) is 0 Å². The van der Waals surface area contributed by atoms with E-state index in [0.29, 0.717) is 29.5 Å². The van der Waals surface area contributed by atoms with E-state index in [1.54, 1.807) is 0 Å². The molecule has 0 aromatic carbocycles. The number of sulfone groups is 1. The van der Waals surface area contributed by atoms with Crippen molar-refractivity contribution < 1.29 is 8.42 Å². The van der Waals surface area contributed by atoms with Gasteiger partial charge in [-0.15, -0.1) is 0 Å². The van der Waals surface area contributed by atoms with Crippen molar-refractivity contribution in [3.63, 3.8) is 0 Å². The molecule has 3 unspecified atom stereocenters. The van der Waals surface area contributed by atoms with Crippen LogP contribution in [-0.2, 0) is 9.84 Å². The first-order valence-electron chi connectivity index (χ1n) is 7.21. The molecule has 5 heteroatoms. The van der Waals surface area contributed by atoms with Gasteiger partial charge in [0.1, 0.15) is 0 Å². The first kappa shape index (κ1) is 12.9. The molecule has 104 valence electrons. The summed E-state index contributed by atoms with van der Waals surface area (Å²) < 4.78 is 23.0. The summed E-state index contributed by atoms with van der Waals surface area (Å²) in [6, 6.07) is 1.20. The smallest absolute Gasteiger partial charge is 0.150 e. The van der Waals surface area contributed by atoms with Crippen molar-refractivity contribution in [2.45, 2.75) is 38.3 Å². The lowest BCUT2D eigenvalue weighted by molar-refractivity contribution is 0.117. The van der Waals surface area contributed by atoms with E-state index in [0.717, 1.165) is 32.0 Å². The van der Waals surface area contributed by atoms with Gasteiger partial charge in [0.25, 0.3) is 0 Å². The van der Waals surface area contributed by atoms with Gasteiger partial charge in [0, 0.05) is 31.7 Å². The van der Waals surface area contributed by atoms with Crippen LogP contribution in [0.25, 0.3) is 0 Å². The molecule has 0 amide bonds. The van der Waals surface area contributed by atoms with Gasteiger partial charge >= 0.3 is 0 Å². The number of hydrogen-bond donors (Lipinski definition) is 1. The summed E-state index contributed by atoms with van der Waals surface area (Å²) in [5, 5.41) is 3.64. The van der Waals surface area contributed by atoms with Gasteiger partial charge in [-0.25, -0.2) is 8.42 Å². The second-order valence-electron chi connectivity index (χ2n) is 6.42. The third-order valence-corrected chi connectivity index (χ3v) is 6.58. The second kappa shape index (κ2) is 4.76. The van der Waals surface area contributed by atoms with Crippen LogP contribution in [0.1, 0.15) is 26.2 Å². The standard InChI is InChI=1S/C13H24N2O2S/c1-10-6-14-13(12-2-3-12)8-15(10)7-11-4-5-18(16,17)9-11/h10-14H,2-9H2,1H3. The van der Waals surface area contributed by atoms with Crippen LogP contribution in [0.5, 0.6) is 0 Å². The maximum atomic E-state index is 11.5. The molecule has 0 radical (unpaired) electrons. The largest absolute Gasteiger partial charge is 0.311 e. The van der Waals surface area contributed by atoms with Crippen molar-refractivity contribution in [2.24, 2.45) is 11.8 Å². The molecule has 0 aromatic heterocycles. The number of nitrogens with one attached hydrogen (secondary N) is 1. The molecule has 4 nitrogen and oxygen atoms in total. The molecule has 1 saturated carbocycles. The Bertz CT molecular complexity index is 405. The fourth-order valence-corrected chi connectivity index (χ4v) is 5.21. The topological polar surface area (TPSA) is 49.4 Å². The summed E-state index contributed by atoms with van der Waals surface area (Å²) in [6.07, 6.45) is 3.61. The first-order valence-corrected chi connectivity index (χ1v) is 9.03. The quantitative estimate of drug-likeness (QED) is 0.812. The Morgan fingerprint density at radius 2 is 2.06 bits per heavy atom. The van der Waals surface area contributed by atoms with Crippen molar-refractivity contribution in [2.75, 3.05) is 31.1 Å². The number of piperazine rings is 1. The molecule has 0 aromatic rings. The van der Waals surface area contributed by atoms with Crippen LogP contribution in [-0.4, -0.2) is 56.5 Å². The van der Waals surface area contributed by atoms with Gasteiger partial charge in [0.15, 0.2) is 9.84 Å². The lowest BCUT2D eigenvalue weighted by Crippen LogP contribution is -2.57. The Labute approximate surface area is 110 Å². The van der Waals surface area contributed by atoms with Gasteiger partial charge in [0.2, 0.25) is 0 Å². The van der Waals surface area contributed by atoms with Crippen molar-refractivity contribution in [3.05, 3.63) is 0 Å². The van der Waals surface area contributed by atoms with Gasteiger partial charge in [-0.05, 0) is 38.0 Å². The molecule has 2 heterocycles.